The molecular weight excluding hydrogens is 478 g/mol. The van der Waals surface area contributed by atoms with Gasteiger partial charge in [-0.25, -0.2) is 13.8 Å². The van der Waals surface area contributed by atoms with Crippen molar-refractivity contribution < 1.29 is 22.7 Å². The average Bonchev–Trinajstić information content (AvgIpc) is 3.27. The summed E-state index contributed by atoms with van der Waals surface area (Å²) in [6, 6.07) is 16.2. The molecule has 0 atom stereocenters. The maximum absolute atomic E-state index is 13.4. The van der Waals surface area contributed by atoms with E-state index in [-0.39, 0.29) is 11.7 Å². The fraction of sp³-hybridized carbons (Fsp3) is 0.167. The van der Waals surface area contributed by atoms with Crippen LogP contribution in [-0.4, -0.2) is 33.9 Å². The number of nitrogens with one attached hydrogen (secondary N) is 1. The number of halogens is 1. The van der Waals surface area contributed by atoms with Gasteiger partial charge in [0.15, 0.2) is 11.5 Å². The van der Waals surface area contributed by atoms with Crippen LogP contribution in [0, 0.1) is 13.8 Å². The van der Waals surface area contributed by atoms with Crippen molar-refractivity contribution in [3.05, 3.63) is 82.4 Å². The van der Waals surface area contributed by atoms with Crippen LogP contribution in [-0.2, 0) is 14.8 Å². The van der Waals surface area contributed by atoms with E-state index in [2.05, 4.69) is 10.5 Å². The predicted octanol–water partition coefficient (Wildman–Crippen LogP) is 4.03. The average molecular weight is 500 g/mol. The van der Waals surface area contributed by atoms with Crippen molar-refractivity contribution in [2.75, 3.05) is 17.6 Å². The number of sulfonamides is 1. The largest absolute Gasteiger partial charge is 0.454 e. The monoisotopic (exact) mass is 499 g/mol. The van der Waals surface area contributed by atoms with Crippen molar-refractivity contribution in [2.24, 2.45) is 5.10 Å². The maximum Gasteiger partial charge on any atom is 0.264 e. The smallest absolute Gasteiger partial charge is 0.264 e. The summed E-state index contributed by atoms with van der Waals surface area (Å²) in [5.41, 5.74) is 5.35. The Kier molecular flexibility index (Phi) is 6.76. The Bertz CT molecular complexity index is 1360. The van der Waals surface area contributed by atoms with E-state index in [9.17, 15) is 13.2 Å². The number of carbonyl (C=O) groups is 1. The molecule has 1 amide bonds. The highest BCUT2D eigenvalue weighted by molar-refractivity contribution is 7.92. The van der Waals surface area contributed by atoms with Crippen LogP contribution in [0.3, 0.4) is 0 Å². The number of anilines is 1. The van der Waals surface area contributed by atoms with Crippen molar-refractivity contribution in [3.8, 4) is 11.5 Å². The molecule has 0 fully saturated rings. The van der Waals surface area contributed by atoms with Gasteiger partial charge in [-0.05, 0) is 85.1 Å². The molecule has 10 heteroatoms. The summed E-state index contributed by atoms with van der Waals surface area (Å²) in [5, 5.41) is 4.36. The molecule has 0 spiro atoms. The Balaban J connectivity index is 1.55. The molecule has 3 aromatic carbocycles. The minimum atomic E-state index is -4.05. The lowest BCUT2D eigenvalue weighted by Crippen LogP contribution is -2.39. The molecule has 176 valence electrons. The van der Waals surface area contributed by atoms with Crippen LogP contribution in [0.25, 0.3) is 0 Å². The Morgan fingerprint density at radius 3 is 2.50 bits per heavy atom. The second kappa shape index (κ2) is 9.74. The number of ether oxygens (including phenoxy) is 2. The highest BCUT2D eigenvalue weighted by Crippen LogP contribution is 2.32. The fourth-order valence-electron chi connectivity index (χ4n) is 3.27. The van der Waals surface area contributed by atoms with E-state index in [0.29, 0.717) is 27.8 Å². The van der Waals surface area contributed by atoms with Gasteiger partial charge >= 0.3 is 0 Å². The van der Waals surface area contributed by atoms with E-state index in [0.717, 1.165) is 15.4 Å². The van der Waals surface area contributed by atoms with Crippen LogP contribution in [0.2, 0.25) is 5.02 Å². The molecule has 1 aliphatic heterocycles. The molecular formula is C24H22ClN3O5S. The third kappa shape index (κ3) is 5.16. The second-order valence-corrected chi connectivity index (χ2v) is 9.94. The molecule has 0 radical (unpaired) electrons. The summed E-state index contributed by atoms with van der Waals surface area (Å²) >= 11 is 5.92. The first-order valence-corrected chi connectivity index (χ1v) is 12.1. The highest BCUT2D eigenvalue weighted by Gasteiger charge is 2.27. The predicted molar refractivity (Wildman–Crippen MR) is 130 cm³/mol. The summed E-state index contributed by atoms with van der Waals surface area (Å²) in [6.45, 7) is 3.49. The summed E-state index contributed by atoms with van der Waals surface area (Å²) in [7, 11) is -4.05. The third-order valence-electron chi connectivity index (χ3n) is 5.27. The lowest BCUT2D eigenvalue weighted by molar-refractivity contribution is -0.119. The Morgan fingerprint density at radius 2 is 1.76 bits per heavy atom. The number of hydrogen-bond acceptors (Lipinski definition) is 6. The maximum atomic E-state index is 13.4. The van der Waals surface area contributed by atoms with E-state index in [1.807, 2.05) is 19.9 Å². The number of nitrogens with zero attached hydrogens (tertiary/aromatic N) is 2. The van der Waals surface area contributed by atoms with E-state index in [1.165, 1.54) is 30.5 Å². The van der Waals surface area contributed by atoms with Crippen LogP contribution in [0.15, 0.2) is 70.7 Å². The highest BCUT2D eigenvalue weighted by atomic mass is 35.5. The van der Waals surface area contributed by atoms with Crippen molar-refractivity contribution in [2.45, 2.75) is 18.7 Å². The molecule has 8 nitrogen and oxygen atoms in total. The third-order valence-corrected chi connectivity index (χ3v) is 7.31. The SMILES string of the molecule is Cc1ccc(N(CC(=O)N/N=C\c2ccc3c(c2)OCO3)S(=O)(=O)c2ccc(Cl)cc2)cc1C. The van der Waals surface area contributed by atoms with Gasteiger partial charge in [0.05, 0.1) is 16.8 Å². The summed E-state index contributed by atoms with van der Waals surface area (Å²) in [5.74, 6) is 0.621. The molecule has 1 aliphatic rings. The Labute approximate surface area is 202 Å². The molecule has 0 aliphatic carbocycles. The molecule has 3 aromatic rings. The summed E-state index contributed by atoms with van der Waals surface area (Å²) in [6.07, 6.45) is 1.44. The van der Waals surface area contributed by atoms with Gasteiger partial charge in [0.1, 0.15) is 6.54 Å². The van der Waals surface area contributed by atoms with Crippen LogP contribution in [0.1, 0.15) is 16.7 Å². The summed E-state index contributed by atoms with van der Waals surface area (Å²) < 4.78 is 38.5. The molecule has 0 saturated heterocycles. The number of aryl methyl sites for hydroxylation is 2. The van der Waals surface area contributed by atoms with Crippen LogP contribution < -0.4 is 19.2 Å². The summed E-state index contributed by atoms with van der Waals surface area (Å²) in [4.78, 5) is 12.7. The Hall–Kier alpha value is -3.56. The molecule has 1 N–H and O–H groups in total. The van der Waals surface area contributed by atoms with Crippen LogP contribution in [0.5, 0.6) is 11.5 Å². The number of hydrogen-bond donors (Lipinski definition) is 1. The molecule has 0 aromatic heterocycles. The Morgan fingerprint density at radius 1 is 1.03 bits per heavy atom. The minimum absolute atomic E-state index is 0.0202. The van der Waals surface area contributed by atoms with Gasteiger partial charge < -0.3 is 9.47 Å². The number of rotatable bonds is 7. The topological polar surface area (TPSA) is 97.3 Å². The van der Waals surface area contributed by atoms with Gasteiger partial charge in [0.2, 0.25) is 6.79 Å². The molecule has 4 rings (SSSR count). The number of benzene rings is 3. The van der Waals surface area contributed by atoms with Crippen molar-refractivity contribution in [1.29, 1.82) is 0 Å². The van der Waals surface area contributed by atoms with Gasteiger partial charge in [-0.15, -0.1) is 0 Å². The number of fused-ring (bicyclic) bond motifs is 1. The van der Waals surface area contributed by atoms with E-state index < -0.39 is 22.5 Å². The lowest BCUT2D eigenvalue weighted by Gasteiger charge is -2.24. The minimum Gasteiger partial charge on any atom is -0.454 e. The van der Waals surface area contributed by atoms with Gasteiger partial charge in [0, 0.05) is 5.02 Å². The fourth-order valence-corrected chi connectivity index (χ4v) is 4.81. The first-order valence-electron chi connectivity index (χ1n) is 10.3. The molecule has 1 heterocycles. The number of carbonyl (C=O) groups excluding carboxylic acids is 1. The van der Waals surface area contributed by atoms with E-state index in [4.69, 9.17) is 21.1 Å². The van der Waals surface area contributed by atoms with E-state index in [1.54, 1.807) is 30.3 Å². The standard InChI is InChI=1S/C24H22ClN3O5S/c1-16-3-7-20(11-17(16)2)28(34(30,31)21-8-5-19(25)6-9-21)14-24(29)27-26-13-18-4-10-22-23(12-18)33-15-32-22/h3-13H,14-15H2,1-2H3,(H,27,29)/b26-13-. The molecule has 34 heavy (non-hydrogen) atoms. The van der Waals surface area contributed by atoms with Crippen molar-refractivity contribution in [1.82, 2.24) is 5.43 Å². The van der Waals surface area contributed by atoms with Crippen molar-refractivity contribution in [3.63, 3.8) is 0 Å². The van der Waals surface area contributed by atoms with Gasteiger partial charge in [-0.2, -0.15) is 5.10 Å². The quantitative estimate of drug-likeness (QED) is 0.391. The van der Waals surface area contributed by atoms with E-state index >= 15 is 0 Å². The van der Waals surface area contributed by atoms with Gasteiger partial charge in [0.25, 0.3) is 15.9 Å². The number of amides is 1. The zero-order chi connectivity index (χ0) is 24.3. The van der Waals surface area contributed by atoms with Crippen molar-refractivity contribution >= 4 is 39.4 Å². The molecule has 0 unspecified atom stereocenters. The normalized spacial score (nSPS) is 12.7. The molecule has 0 saturated carbocycles. The first-order chi connectivity index (χ1) is 16.2. The zero-order valence-electron chi connectivity index (χ0n) is 18.5. The lowest BCUT2D eigenvalue weighted by atomic mass is 10.1. The van der Waals surface area contributed by atoms with Gasteiger partial charge in [-0.3, -0.25) is 9.10 Å². The second-order valence-electron chi connectivity index (χ2n) is 7.64. The van der Waals surface area contributed by atoms with Gasteiger partial charge in [-0.1, -0.05) is 17.7 Å². The first kappa shape index (κ1) is 23.6. The number of hydrazone groups is 1. The molecule has 0 bridgehead atoms. The van der Waals surface area contributed by atoms with Crippen LogP contribution in [0.4, 0.5) is 5.69 Å². The zero-order valence-corrected chi connectivity index (χ0v) is 20.1. The van der Waals surface area contributed by atoms with Crippen LogP contribution >= 0.6 is 11.6 Å².